The summed E-state index contributed by atoms with van der Waals surface area (Å²) < 4.78 is 7.23. The number of unbranched alkanes of at least 4 members (excludes halogenated alkanes) is 1. The molecule has 0 saturated carbocycles. The Morgan fingerprint density at radius 1 is 1.10 bits per heavy atom. The van der Waals surface area contributed by atoms with Crippen LogP contribution in [0.5, 0.6) is 0 Å². The van der Waals surface area contributed by atoms with Gasteiger partial charge in [0.1, 0.15) is 5.82 Å². The van der Waals surface area contributed by atoms with Gasteiger partial charge in [-0.25, -0.2) is 0 Å². The Balaban J connectivity index is 1.48. The summed E-state index contributed by atoms with van der Waals surface area (Å²) in [5.41, 5.74) is 2.85. The van der Waals surface area contributed by atoms with Gasteiger partial charge in [0.05, 0.1) is 0 Å². The minimum Gasteiger partial charge on any atom is -0.358 e. The molecule has 8 nitrogen and oxygen atoms in total. The second kappa shape index (κ2) is 8.38. The Hall–Kier alpha value is -3.29. The summed E-state index contributed by atoms with van der Waals surface area (Å²) in [4.78, 5) is 6.67. The van der Waals surface area contributed by atoms with Crippen LogP contribution < -0.4 is 4.90 Å². The standard InChI is InChI=1S/C21H25N7O/c1-4-5-13-27(3)19-10-9-17-23-24-18(28(17)25-19)11-12-20-22-21(26-29-20)16-8-6-7-15(2)14-16/h6-10,14H,4-5,11-13H2,1-3H3. The fourth-order valence-electron chi connectivity index (χ4n) is 3.17. The van der Waals surface area contributed by atoms with Crippen molar-refractivity contribution in [3.8, 4) is 11.4 Å². The molecule has 0 aliphatic rings. The molecule has 0 bridgehead atoms. The van der Waals surface area contributed by atoms with Crippen LogP contribution in [0.2, 0.25) is 0 Å². The minimum atomic E-state index is 0.578. The largest absolute Gasteiger partial charge is 0.358 e. The van der Waals surface area contributed by atoms with Crippen LogP contribution in [-0.4, -0.2) is 43.5 Å². The Morgan fingerprint density at radius 3 is 2.83 bits per heavy atom. The molecule has 4 aromatic rings. The number of hydrogen-bond acceptors (Lipinski definition) is 7. The van der Waals surface area contributed by atoms with Gasteiger partial charge in [-0.1, -0.05) is 42.3 Å². The van der Waals surface area contributed by atoms with Crippen molar-refractivity contribution in [3.05, 3.63) is 53.7 Å². The van der Waals surface area contributed by atoms with Crippen molar-refractivity contribution in [3.63, 3.8) is 0 Å². The summed E-state index contributed by atoms with van der Waals surface area (Å²) in [6.45, 7) is 5.20. The van der Waals surface area contributed by atoms with E-state index in [1.54, 1.807) is 4.52 Å². The third kappa shape index (κ3) is 4.26. The van der Waals surface area contributed by atoms with Crippen LogP contribution in [0.1, 0.15) is 37.0 Å². The molecule has 29 heavy (non-hydrogen) atoms. The molecule has 0 saturated heterocycles. The van der Waals surface area contributed by atoms with E-state index in [0.29, 0.717) is 24.6 Å². The average Bonchev–Trinajstić information content (AvgIpc) is 3.37. The summed E-state index contributed by atoms with van der Waals surface area (Å²) in [5, 5.41) is 17.3. The highest BCUT2D eigenvalue weighted by atomic mass is 16.5. The van der Waals surface area contributed by atoms with Gasteiger partial charge in [-0.3, -0.25) is 0 Å². The molecule has 0 fully saturated rings. The van der Waals surface area contributed by atoms with Gasteiger partial charge in [-0.15, -0.1) is 15.3 Å². The van der Waals surface area contributed by atoms with Crippen LogP contribution in [0.3, 0.4) is 0 Å². The average molecular weight is 391 g/mol. The molecule has 4 rings (SSSR count). The Bertz CT molecular complexity index is 1100. The van der Waals surface area contributed by atoms with Crippen LogP contribution in [0.4, 0.5) is 5.82 Å². The Morgan fingerprint density at radius 2 is 2.00 bits per heavy atom. The molecule has 0 spiro atoms. The van der Waals surface area contributed by atoms with Crippen molar-refractivity contribution >= 4 is 11.5 Å². The number of fused-ring (bicyclic) bond motifs is 1. The van der Waals surface area contributed by atoms with E-state index in [9.17, 15) is 0 Å². The lowest BCUT2D eigenvalue weighted by atomic mass is 10.1. The lowest BCUT2D eigenvalue weighted by Gasteiger charge is -2.17. The van der Waals surface area contributed by atoms with Crippen molar-refractivity contribution in [2.75, 3.05) is 18.5 Å². The smallest absolute Gasteiger partial charge is 0.227 e. The number of rotatable bonds is 8. The third-order valence-electron chi connectivity index (χ3n) is 4.86. The normalized spacial score (nSPS) is 11.3. The first-order valence-electron chi connectivity index (χ1n) is 9.96. The molecule has 0 radical (unpaired) electrons. The highest BCUT2D eigenvalue weighted by Crippen LogP contribution is 2.18. The predicted molar refractivity (Wildman–Crippen MR) is 111 cm³/mol. The van der Waals surface area contributed by atoms with Crippen LogP contribution >= 0.6 is 0 Å². The van der Waals surface area contributed by atoms with Gasteiger partial charge in [0.25, 0.3) is 0 Å². The molecule has 3 heterocycles. The molecule has 8 heteroatoms. The molecule has 0 aliphatic carbocycles. The summed E-state index contributed by atoms with van der Waals surface area (Å²) in [6.07, 6.45) is 3.48. The molecule has 0 N–H and O–H groups in total. The van der Waals surface area contributed by atoms with Gasteiger partial charge >= 0.3 is 0 Å². The maximum Gasteiger partial charge on any atom is 0.227 e. The minimum absolute atomic E-state index is 0.578. The maximum atomic E-state index is 5.43. The summed E-state index contributed by atoms with van der Waals surface area (Å²) in [5.74, 6) is 2.87. The van der Waals surface area contributed by atoms with E-state index in [2.05, 4.69) is 39.2 Å². The van der Waals surface area contributed by atoms with Gasteiger partial charge in [-0.2, -0.15) is 9.50 Å². The zero-order chi connectivity index (χ0) is 20.2. The van der Waals surface area contributed by atoms with Crippen LogP contribution in [-0.2, 0) is 12.8 Å². The first kappa shape index (κ1) is 19.0. The zero-order valence-electron chi connectivity index (χ0n) is 17.0. The molecular formula is C21H25N7O. The van der Waals surface area contributed by atoms with Crippen molar-refractivity contribution in [1.82, 2.24) is 30.0 Å². The summed E-state index contributed by atoms with van der Waals surface area (Å²) in [6, 6.07) is 12.0. The molecule has 150 valence electrons. The van der Waals surface area contributed by atoms with E-state index in [1.807, 2.05) is 43.3 Å². The lowest BCUT2D eigenvalue weighted by Crippen LogP contribution is -2.20. The fraction of sp³-hybridized carbons (Fsp3) is 0.381. The fourth-order valence-corrected chi connectivity index (χ4v) is 3.17. The molecule has 0 amide bonds. The van der Waals surface area contributed by atoms with E-state index < -0.39 is 0 Å². The maximum absolute atomic E-state index is 5.43. The number of aryl methyl sites for hydroxylation is 3. The number of aromatic nitrogens is 6. The van der Waals surface area contributed by atoms with E-state index in [1.165, 1.54) is 0 Å². The van der Waals surface area contributed by atoms with E-state index in [-0.39, 0.29) is 0 Å². The molecule has 1 aromatic carbocycles. The first-order chi connectivity index (χ1) is 14.1. The third-order valence-corrected chi connectivity index (χ3v) is 4.86. The molecular weight excluding hydrogens is 366 g/mol. The SMILES string of the molecule is CCCCN(C)c1ccc2nnc(CCc3nc(-c4cccc(C)c4)no3)n2n1. The highest BCUT2D eigenvalue weighted by molar-refractivity contribution is 5.55. The first-order valence-corrected chi connectivity index (χ1v) is 9.96. The van der Waals surface area contributed by atoms with E-state index in [0.717, 1.165) is 47.8 Å². The van der Waals surface area contributed by atoms with Gasteiger partial charge in [-0.05, 0) is 31.5 Å². The van der Waals surface area contributed by atoms with Gasteiger partial charge in [0.2, 0.25) is 11.7 Å². The highest BCUT2D eigenvalue weighted by Gasteiger charge is 2.13. The number of benzene rings is 1. The van der Waals surface area contributed by atoms with Crippen LogP contribution in [0.25, 0.3) is 17.0 Å². The van der Waals surface area contributed by atoms with Crippen molar-refractivity contribution < 1.29 is 4.52 Å². The van der Waals surface area contributed by atoms with Crippen LogP contribution in [0, 0.1) is 6.92 Å². The predicted octanol–water partition coefficient (Wildman–Crippen LogP) is 3.50. The van der Waals surface area contributed by atoms with Gasteiger partial charge in [0.15, 0.2) is 11.5 Å². The Labute approximate surface area is 169 Å². The van der Waals surface area contributed by atoms with Crippen LogP contribution in [0.15, 0.2) is 40.9 Å². The summed E-state index contributed by atoms with van der Waals surface area (Å²) >= 11 is 0. The van der Waals surface area contributed by atoms with E-state index >= 15 is 0 Å². The van der Waals surface area contributed by atoms with Gasteiger partial charge < -0.3 is 9.42 Å². The second-order valence-corrected chi connectivity index (χ2v) is 7.23. The lowest BCUT2D eigenvalue weighted by molar-refractivity contribution is 0.377. The van der Waals surface area contributed by atoms with Crippen molar-refractivity contribution in [1.29, 1.82) is 0 Å². The molecule has 0 atom stereocenters. The molecule has 0 unspecified atom stereocenters. The number of hydrogen-bond donors (Lipinski definition) is 0. The van der Waals surface area contributed by atoms with E-state index in [4.69, 9.17) is 9.62 Å². The molecule has 0 aliphatic heterocycles. The number of nitrogens with zero attached hydrogens (tertiary/aromatic N) is 7. The topological polar surface area (TPSA) is 85.2 Å². The van der Waals surface area contributed by atoms with Gasteiger partial charge in [0, 0.05) is 32.0 Å². The van der Waals surface area contributed by atoms with Crippen molar-refractivity contribution in [2.24, 2.45) is 0 Å². The van der Waals surface area contributed by atoms with Crippen molar-refractivity contribution in [2.45, 2.75) is 39.5 Å². The second-order valence-electron chi connectivity index (χ2n) is 7.23. The Kier molecular flexibility index (Phi) is 5.50. The quantitative estimate of drug-likeness (QED) is 0.454. The zero-order valence-corrected chi connectivity index (χ0v) is 17.0. The number of anilines is 1. The monoisotopic (exact) mass is 391 g/mol. The summed E-state index contributed by atoms with van der Waals surface area (Å²) in [7, 11) is 2.05. The molecule has 3 aromatic heterocycles.